The van der Waals surface area contributed by atoms with Gasteiger partial charge in [0.1, 0.15) is 5.82 Å². The summed E-state index contributed by atoms with van der Waals surface area (Å²) in [5.74, 6) is -0.292. The number of carbonyl (C=O) groups excluding carboxylic acids is 1. The van der Waals surface area contributed by atoms with Crippen LogP contribution in [0.3, 0.4) is 0 Å². The molecule has 19 heavy (non-hydrogen) atoms. The van der Waals surface area contributed by atoms with Crippen LogP contribution in [0.2, 0.25) is 0 Å². The van der Waals surface area contributed by atoms with Crippen LogP contribution in [-0.4, -0.2) is 37.5 Å². The van der Waals surface area contributed by atoms with Gasteiger partial charge in [-0.25, -0.2) is 4.39 Å². The van der Waals surface area contributed by atoms with Crippen molar-refractivity contribution in [1.29, 1.82) is 0 Å². The maximum Gasteiger partial charge on any atom is 0.253 e. The molecule has 104 valence electrons. The molecular weight excluding hydrogens is 245 g/mol. The Labute approximate surface area is 112 Å². The fraction of sp³-hybridized carbons (Fsp3) is 0.500. The van der Waals surface area contributed by atoms with Gasteiger partial charge in [-0.3, -0.25) is 4.79 Å². The minimum absolute atomic E-state index is 0.212. The van der Waals surface area contributed by atoms with Gasteiger partial charge in [-0.05, 0) is 50.6 Å². The summed E-state index contributed by atoms with van der Waals surface area (Å²) in [5, 5.41) is 2.84. The molecule has 0 aromatic heterocycles. The first-order valence-electron chi connectivity index (χ1n) is 6.58. The molecule has 0 saturated carbocycles. The number of piperidine rings is 1. The molecule has 1 fully saturated rings. The molecule has 5 heteroatoms. The summed E-state index contributed by atoms with van der Waals surface area (Å²) in [4.78, 5) is 14.2. The predicted octanol–water partition coefficient (Wildman–Crippen LogP) is 1.48. The lowest BCUT2D eigenvalue weighted by atomic mass is 9.98. The van der Waals surface area contributed by atoms with Crippen LogP contribution in [0.5, 0.6) is 0 Å². The lowest BCUT2D eigenvalue weighted by molar-refractivity contribution is 0.0937. The van der Waals surface area contributed by atoms with E-state index in [4.69, 9.17) is 5.73 Å². The van der Waals surface area contributed by atoms with Crippen LogP contribution in [0.15, 0.2) is 18.2 Å². The van der Waals surface area contributed by atoms with Crippen molar-refractivity contribution in [1.82, 2.24) is 10.2 Å². The molecule has 0 spiro atoms. The van der Waals surface area contributed by atoms with Gasteiger partial charge >= 0.3 is 0 Å². The normalized spacial score (nSPS) is 20.2. The molecule has 1 amide bonds. The summed E-state index contributed by atoms with van der Waals surface area (Å²) in [6.45, 7) is 2.71. The van der Waals surface area contributed by atoms with Crippen LogP contribution >= 0.6 is 0 Å². The average Bonchev–Trinajstić information content (AvgIpc) is 2.39. The van der Waals surface area contributed by atoms with Crippen molar-refractivity contribution in [3.63, 3.8) is 0 Å². The first-order valence-corrected chi connectivity index (χ1v) is 6.58. The average molecular weight is 265 g/mol. The highest BCUT2D eigenvalue weighted by molar-refractivity contribution is 5.99. The summed E-state index contributed by atoms with van der Waals surface area (Å²) in [5.41, 5.74) is 6.20. The first-order chi connectivity index (χ1) is 9.06. The highest BCUT2D eigenvalue weighted by atomic mass is 19.1. The van der Waals surface area contributed by atoms with Crippen molar-refractivity contribution in [3.05, 3.63) is 29.6 Å². The first kappa shape index (κ1) is 13.8. The van der Waals surface area contributed by atoms with Gasteiger partial charge in [0.25, 0.3) is 5.91 Å². The topological polar surface area (TPSA) is 58.4 Å². The number of nitrogens with zero attached hydrogens (tertiary/aromatic N) is 1. The Balaban J connectivity index is 1.92. The van der Waals surface area contributed by atoms with E-state index in [0.717, 1.165) is 25.9 Å². The van der Waals surface area contributed by atoms with E-state index < -0.39 is 5.82 Å². The minimum atomic E-state index is -0.447. The highest BCUT2D eigenvalue weighted by Gasteiger charge is 2.18. The molecule has 1 heterocycles. The highest BCUT2D eigenvalue weighted by Crippen LogP contribution is 2.16. The molecule has 1 aliphatic heterocycles. The van der Waals surface area contributed by atoms with Crippen LogP contribution in [0.25, 0.3) is 0 Å². The zero-order valence-electron chi connectivity index (χ0n) is 11.2. The Hall–Kier alpha value is -1.62. The zero-order valence-corrected chi connectivity index (χ0v) is 11.2. The van der Waals surface area contributed by atoms with Gasteiger partial charge in [-0.2, -0.15) is 0 Å². The van der Waals surface area contributed by atoms with Crippen LogP contribution in [0.1, 0.15) is 23.2 Å². The van der Waals surface area contributed by atoms with Gasteiger partial charge in [-0.1, -0.05) is 0 Å². The molecule has 2 rings (SSSR count). The number of carbonyl (C=O) groups is 1. The third-order valence-corrected chi connectivity index (χ3v) is 3.53. The van der Waals surface area contributed by atoms with Crippen molar-refractivity contribution < 1.29 is 9.18 Å². The van der Waals surface area contributed by atoms with Gasteiger partial charge in [0.15, 0.2) is 0 Å². The number of benzene rings is 1. The molecule has 0 aliphatic carbocycles. The maximum atomic E-state index is 13.1. The van der Waals surface area contributed by atoms with E-state index in [-0.39, 0.29) is 11.5 Å². The second kappa shape index (κ2) is 6.02. The predicted molar refractivity (Wildman–Crippen MR) is 73.4 cm³/mol. The largest absolute Gasteiger partial charge is 0.398 e. The van der Waals surface area contributed by atoms with Crippen molar-refractivity contribution in [3.8, 4) is 0 Å². The molecule has 1 aromatic carbocycles. The molecule has 1 aromatic rings. The Bertz CT molecular complexity index is 464. The Morgan fingerprint density at radius 3 is 3.11 bits per heavy atom. The summed E-state index contributed by atoms with van der Waals surface area (Å²) in [6, 6.07) is 3.85. The Morgan fingerprint density at radius 2 is 2.37 bits per heavy atom. The molecule has 4 nitrogen and oxygen atoms in total. The number of amides is 1. The number of rotatable bonds is 3. The van der Waals surface area contributed by atoms with Crippen molar-refractivity contribution in [2.24, 2.45) is 5.92 Å². The lowest BCUT2D eigenvalue weighted by Gasteiger charge is -2.29. The Morgan fingerprint density at radius 1 is 1.58 bits per heavy atom. The molecule has 0 bridgehead atoms. The van der Waals surface area contributed by atoms with Gasteiger partial charge in [0.2, 0.25) is 0 Å². The SMILES string of the molecule is CN1CCCC(CNC(=O)c2cc(F)ccc2N)C1. The van der Waals surface area contributed by atoms with Crippen LogP contribution in [0, 0.1) is 11.7 Å². The van der Waals surface area contributed by atoms with Gasteiger partial charge in [0, 0.05) is 18.8 Å². The fourth-order valence-corrected chi connectivity index (χ4v) is 2.50. The van der Waals surface area contributed by atoms with Crippen molar-refractivity contribution in [2.45, 2.75) is 12.8 Å². The lowest BCUT2D eigenvalue weighted by Crippen LogP contribution is -2.39. The fourth-order valence-electron chi connectivity index (χ4n) is 2.50. The van der Waals surface area contributed by atoms with Crippen molar-refractivity contribution >= 4 is 11.6 Å². The molecule has 0 radical (unpaired) electrons. The molecule has 1 unspecified atom stereocenters. The smallest absolute Gasteiger partial charge is 0.253 e. The monoisotopic (exact) mass is 265 g/mol. The van der Waals surface area contributed by atoms with Crippen LogP contribution in [-0.2, 0) is 0 Å². The van der Waals surface area contributed by atoms with E-state index in [1.807, 2.05) is 0 Å². The Kier molecular flexibility index (Phi) is 4.37. The van der Waals surface area contributed by atoms with E-state index in [1.54, 1.807) is 0 Å². The van der Waals surface area contributed by atoms with E-state index in [2.05, 4.69) is 17.3 Å². The number of hydrogen-bond donors (Lipinski definition) is 2. The number of halogens is 1. The maximum absolute atomic E-state index is 13.1. The molecule has 1 aliphatic rings. The summed E-state index contributed by atoms with van der Waals surface area (Å²) in [6.07, 6.45) is 2.27. The summed E-state index contributed by atoms with van der Waals surface area (Å²) in [7, 11) is 2.08. The number of nitrogens with one attached hydrogen (secondary N) is 1. The minimum Gasteiger partial charge on any atom is -0.398 e. The number of anilines is 1. The second-order valence-corrected chi connectivity index (χ2v) is 5.21. The molecule has 1 saturated heterocycles. The van der Waals surface area contributed by atoms with E-state index in [1.165, 1.54) is 18.2 Å². The third-order valence-electron chi connectivity index (χ3n) is 3.53. The summed E-state index contributed by atoms with van der Waals surface area (Å²) < 4.78 is 13.1. The number of likely N-dealkylation sites (tertiary alicyclic amines) is 1. The standard InChI is InChI=1S/C14H20FN3O/c1-18-6-2-3-10(9-18)8-17-14(19)12-7-11(15)4-5-13(12)16/h4-5,7,10H,2-3,6,8-9,16H2,1H3,(H,17,19). The summed E-state index contributed by atoms with van der Waals surface area (Å²) >= 11 is 0. The van der Waals surface area contributed by atoms with Crippen molar-refractivity contribution in [2.75, 3.05) is 32.4 Å². The van der Waals surface area contributed by atoms with Gasteiger partial charge in [0.05, 0.1) is 5.56 Å². The number of nitrogens with two attached hydrogens (primary N) is 1. The van der Waals surface area contributed by atoms with E-state index in [0.29, 0.717) is 18.2 Å². The van der Waals surface area contributed by atoms with Crippen LogP contribution < -0.4 is 11.1 Å². The molecule has 1 atom stereocenters. The number of nitrogen functional groups attached to an aromatic ring is 1. The van der Waals surface area contributed by atoms with E-state index >= 15 is 0 Å². The zero-order chi connectivity index (χ0) is 13.8. The quantitative estimate of drug-likeness (QED) is 0.814. The van der Waals surface area contributed by atoms with Gasteiger partial charge in [-0.15, -0.1) is 0 Å². The van der Waals surface area contributed by atoms with Gasteiger partial charge < -0.3 is 16.0 Å². The second-order valence-electron chi connectivity index (χ2n) is 5.21. The number of hydrogen-bond acceptors (Lipinski definition) is 3. The third kappa shape index (κ3) is 3.67. The van der Waals surface area contributed by atoms with E-state index in [9.17, 15) is 9.18 Å². The molecule has 3 N–H and O–H groups in total. The van der Waals surface area contributed by atoms with Crippen LogP contribution in [0.4, 0.5) is 10.1 Å². The molecular formula is C14H20FN3O.